The van der Waals surface area contributed by atoms with Gasteiger partial charge in [-0.1, -0.05) is 12.1 Å². The van der Waals surface area contributed by atoms with Gasteiger partial charge in [0.15, 0.2) is 0 Å². The molecule has 2 heterocycles. The van der Waals surface area contributed by atoms with E-state index in [2.05, 4.69) is 0 Å². The fraction of sp³-hybridized carbons (Fsp3) is 0.583. The number of carbonyl (C=O) groups is 4. The largest absolute Gasteiger partial charge is 0.466 e. The Morgan fingerprint density at radius 2 is 1.91 bits per heavy atom. The van der Waals surface area contributed by atoms with E-state index in [0.717, 1.165) is 23.2 Å². The van der Waals surface area contributed by atoms with Gasteiger partial charge in [0, 0.05) is 38.8 Å². The van der Waals surface area contributed by atoms with Crippen LogP contribution in [0.3, 0.4) is 0 Å². The van der Waals surface area contributed by atoms with Crippen molar-refractivity contribution < 1.29 is 23.9 Å². The van der Waals surface area contributed by atoms with Crippen LogP contribution in [-0.2, 0) is 23.9 Å². The number of hydrogen-bond donors (Lipinski definition) is 0. The SMILES string of the molecule is CCOC(=O)C1CCCN(C(=O)CN(C)C(=O)C2CC(=O)N(c3cccc(C)c3C)C2)C1. The lowest BCUT2D eigenvalue weighted by Crippen LogP contribution is -2.48. The van der Waals surface area contributed by atoms with Gasteiger partial charge in [-0.15, -0.1) is 0 Å². The number of esters is 1. The number of piperidine rings is 1. The number of carbonyl (C=O) groups excluding carboxylic acids is 4. The van der Waals surface area contributed by atoms with Crippen molar-refractivity contribution in [2.24, 2.45) is 11.8 Å². The third-order valence-electron chi connectivity index (χ3n) is 6.48. The molecular formula is C24H33N3O5. The smallest absolute Gasteiger partial charge is 0.310 e. The minimum atomic E-state index is -0.478. The molecule has 0 spiro atoms. The molecule has 0 aliphatic carbocycles. The fourth-order valence-electron chi connectivity index (χ4n) is 4.48. The molecule has 2 fully saturated rings. The number of benzene rings is 1. The molecule has 0 saturated carbocycles. The zero-order valence-corrected chi connectivity index (χ0v) is 19.4. The van der Waals surface area contributed by atoms with Crippen molar-refractivity contribution >= 4 is 29.4 Å². The molecule has 2 saturated heterocycles. The standard InChI is InChI=1S/C24H33N3O5/c1-5-32-24(31)18-9-7-11-26(13-18)22(29)15-25(4)23(30)19-12-21(28)27(14-19)20-10-6-8-16(2)17(20)3/h6,8,10,18-19H,5,7,9,11-15H2,1-4H3. The Kier molecular flexibility index (Phi) is 7.53. The van der Waals surface area contributed by atoms with Crippen molar-refractivity contribution in [3.05, 3.63) is 29.3 Å². The number of likely N-dealkylation sites (tertiary alicyclic amines) is 1. The number of likely N-dealkylation sites (N-methyl/N-ethyl adjacent to an activating group) is 1. The third-order valence-corrected chi connectivity index (χ3v) is 6.48. The van der Waals surface area contributed by atoms with Gasteiger partial charge in [0.05, 0.1) is 25.0 Å². The number of aryl methyl sites for hydroxylation is 1. The lowest BCUT2D eigenvalue weighted by Gasteiger charge is -2.33. The second kappa shape index (κ2) is 10.1. The Labute approximate surface area is 189 Å². The van der Waals surface area contributed by atoms with Gasteiger partial charge in [-0.25, -0.2) is 0 Å². The second-order valence-electron chi connectivity index (χ2n) is 8.75. The van der Waals surface area contributed by atoms with Gasteiger partial charge in [0.2, 0.25) is 17.7 Å². The van der Waals surface area contributed by atoms with Gasteiger partial charge in [-0.05, 0) is 50.8 Å². The van der Waals surface area contributed by atoms with Crippen LogP contribution in [0.15, 0.2) is 18.2 Å². The molecule has 32 heavy (non-hydrogen) atoms. The van der Waals surface area contributed by atoms with E-state index in [1.165, 1.54) is 4.90 Å². The molecule has 3 amide bonds. The van der Waals surface area contributed by atoms with Crippen LogP contribution in [0.1, 0.15) is 37.3 Å². The Hall–Kier alpha value is -2.90. The van der Waals surface area contributed by atoms with Crippen LogP contribution in [-0.4, -0.2) is 73.3 Å². The lowest BCUT2D eigenvalue weighted by molar-refractivity contribution is -0.152. The summed E-state index contributed by atoms with van der Waals surface area (Å²) in [4.78, 5) is 55.2. The van der Waals surface area contributed by atoms with E-state index in [0.29, 0.717) is 32.7 Å². The van der Waals surface area contributed by atoms with E-state index in [1.807, 2.05) is 32.0 Å². The highest BCUT2D eigenvalue weighted by atomic mass is 16.5. The first-order valence-corrected chi connectivity index (χ1v) is 11.3. The van der Waals surface area contributed by atoms with Crippen LogP contribution in [0.25, 0.3) is 0 Å². The van der Waals surface area contributed by atoms with Crippen molar-refractivity contribution in [3.8, 4) is 0 Å². The molecule has 0 bridgehead atoms. The van der Waals surface area contributed by atoms with E-state index in [1.54, 1.807) is 23.8 Å². The number of hydrogen-bond acceptors (Lipinski definition) is 5. The summed E-state index contributed by atoms with van der Waals surface area (Å²) in [6, 6.07) is 5.80. The van der Waals surface area contributed by atoms with Gasteiger partial charge >= 0.3 is 5.97 Å². The average Bonchev–Trinajstić information content (AvgIpc) is 3.16. The molecule has 0 radical (unpaired) electrons. The first-order chi connectivity index (χ1) is 15.2. The number of rotatable bonds is 6. The van der Waals surface area contributed by atoms with Crippen molar-refractivity contribution in [3.63, 3.8) is 0 Å². The van der Waals surface area contributed by atoms with Crippen LogP contribution in [0.4, 0.5) is 5.69 Å². The van der Waals surface area contributed by atoms with Crippen LogP contribution in [0, 0.1) is 25.7 Å². The highest BCUT2D eigenvalue weighted by molar-refractivity contribution is 6.01. The van der Waals surface area contributed by atoms with Gasteiger partial charge in [0.1, 0.15) is 0 Å². The molecule has 0 N–H and O–H groups in total. The fourth-order valence-corrected chi connectivity index (χ4v) is 4.48. The topological polar surface area (TPSA) is 87.2 Å². The molecule has 1 aromatic carbocycles. The molecule has 0 aromatic heterocycles. The van der Waals surface area contributed by atoms with Gasteiger partial charge in [0.25, 0.3) is 0 Å². The molecule has 2 aliphatic rings. The summed E-state index contributed by atoms with van der Waals surface area (Å²) in [5.74, 6) is -1.54. The molecule has 8 nitrogen and oxygen atoms in total. The summed E-state index contributed by atoms with van der Waals surface area (Å²) < 4.78 is 5.09. The average molecular weight is 444 g/mol. The third kappa shape index (κ3) is 5.11. The van der Waals surface area contributed by atoms with Crippen LogP contribution >= 0.6 is 0 Å². The van der Waals surface area contributed by atoms with Gasteiger partial charge in [-0.2, -0.15) is 0 Å². The zero-order chi connectivity index (χ0) is 23.4. The predicted molar refractivity (Wildman–Crippen MR) is 120 cm³/mol. The Morgan fingerprint density at radius 3 is 2.62 bits per heavy atom. The maximum atomic E-state index is 13.0. The van der Waals surface area contributed by atoms with E-state index in [-0.39, 0.29) is 42.6 Å². The van der Waals surface area contributed by atoms with Crippen LogP contribution in [0.2, 0.25) is 0 Å². The maximum Gasteiger partial charge on any atom is 0.310 e. The summed E-state index contributed by atoms with van der Waals surface area (Å²) >= 11 is 0. The molecule has 1 aromatic rings. The quantitative estimate of drug-likeness (QED) is 0.627. The highest BCUT2D eigenvalue weighted by Crippen LogP contribution is 2.30. The van der Waals surface area contributed by atoms with Crippen molar-refractivity contribution in [2.75, 3.05) is 44.7 Å². The Morgan fingerprint density at radius 1 is 1.16 bits per heavy atom. The molecule has 174 valence electrons. The van der Waals surface area contributed by atoms with Crippen LogP contribution in [0.5, 0.6) is 0 Å². The highest BCUT2D eigenvalue weighted by Gasteiger charge is 2.38. The first-order valence-electron chi connectivity index (χ1n) is 11.3. The number of anilines is 1. The molecule has 8 heteroatoms. The summed E-state index contributed by atoms with van der Waals surface area (Å²) in [7, 11) is 1.60. The normalized spacial score (nSPS) is 20.9. The predicted octanol–water partition coefficient (Wildman–Crippen LogP) is 1.92. The summed E-state index contributed by atoms with van der Waals surface area (Å²) in [5, 5.41) is 0. The summed E-state index contributed by atoms with van der Waals surface area (Å²) in [5.41, 5.74) is 2.96. The summed E-state index contributed by atoms with van der Waals surface area (Å²) in [6.07, 6.45) is 1.57. The molecule has 3 rings (SSSR count). The summed E-state index contributed by atoms with van der Waals surface area (Å²) in [6.45, 7) is 7.19. The second-order valence-corrected chi connectivity index (χ2v) is 8.75. The van der Waals surface area contributed by atoms with Crippen LogP contribution < -0.4 is 4.90 Å². The zero-order valence-electron chi connectivity index (χ0n) is 19.4. The Bertz CT molecular complexity index is 900. The Balaban J connectivity index is 1.58. The van der Waals surface area contributed by atoms with E-state index in [9.17, 15) is 19.2 Å². The monoisotopic (exact) mass is 443 g/mol. The molecule has 2 atom stereocenters. The van der Waals surface area contributed by atoms with E-state index >= 15 is 0 Å². The molecule has 2 unspecified atom stereocenters. The number of nitrogens with zero attached hydrogens (tertiary/aromatic N) is 3. The van der Waals surface area contributed by atoms with Crippen molar-refractivity contribution in [1.82, 2.24) is 9.80 Å². The molecule has 2 aliphatic heterocycles. The number of ether oxygens (including phenoxy) is 1. The molecular weight excluding hydrogens is 410 g/mol. The minimum Gasteiger partial charge on any atom is -0.466 e. The lowest BCUT2D eigenvalue weighted by atomic mass is 9.98. The van der Waals surface area contributed by atoms with E-state index in [4.69, 9.17) is 4.74 Å². The van der Waals surface area contributed by atoms with Gasteiger partial charge in [-0.3, -0.25) is 19.2 Å². The minimum absolute atomic E-state index is 0.0669. The van der Waals surface area contributed by atoms with Crippen molar-refractivity contribution in [1.29, 1.82) is 0 Å². The number of amides is 3. The van der Waals surface area contributed by atoms with Crippen molar-refractivity contribution in [2.45, 2.75) is 40.0 Å². The van der Waals surface area contributed by atoms with Gasteiger partial charge < -0.3 is 19.4 Å². The first kappa shape index (κ1) is 23.8. The van der Waals surface area contributed by atoms with E-state index < -0.39 is 5.92 Å². The maximum absolute atomic E-state index is 13.0.